The summed E-state index contributed by atoms with van der Waals surface area (Å²) < 4.78 is 39.8. The van der Waals surface area contributed by atoms with Gasteiger partial charge in [-0.15, -0.1) is 21.1 Å². The maximum atomic E-state index is 13.3. The van der Waals surface area contributed by atoms with Crippen LogP contribution in [0.1, 0.15) is 19.7 Å². The third-order valence-corrected chi connectivity index (χ3v) is 8.49. The largest absolute Gasteiger partial charge is 0.726 e. The lowest BCUT2D eigenvalue weighted by atomic mass is 10.0. The summed E-state index contributed by atoms with van der Waals surface area (Å²) in [6, 6.07) is -1.68. The van der Waals surface area contributed by atoms with E-state index >= 15 is 0 Å². The number of carboxylic acids is 2. The van der Waals surface area contributed by atoms with Crippen molar-refractivity contribution in [2.45, 2.75) is 37.4 Å². The lowest BCUT2D eigenvalue weighted by Crippen LogP contribution is -2.71. The van der Waals surface area contributed by atoms with E-state index in [0.29, 0.717) is 5.57 Å². The Morgan fingerprint density at radius 2 is 1.90 bits per heavy atom. The minimum absolute atomic E-state index is 0.00361. The lowest BCUT2D eigenvalue weighted by Gasteiger charge is -2.49. The summed E-state index contributed by atoms with van der Waals surface area (Å²) in [4.78, 5) is 72.4. The summed E-state index contributed by atoms with van der Waals surface area (Å²) in [7, 11) is -3.30. The number of rotatable bonds is 12. The number of fused-ring (bicyclic) bond motifs is 1. The van der Waals surface area contributed by atoms with Gasteiger partial charge >= 0.3 is 18.0 Å². The van der Waals surface area contributed by atoms with Gasteiger partial charge in [0.1, 0.15) is 17.1 Å². The van der Waals surface area contributed by atoms with Crippen molar-refractivity contribution in [3.05, 3.63) is 23.3 Å². The molecule has 274 valence electrons. The number of oxime groups is 1. The Hall–Kier alpha value is -5.09. The quantitative estimate of drug-likeness (QED) is 0.0252. The highest BCUT2D eigenvalue weighted by atomic mass is 32.3. The Morgan fingerprint density at radius 3 is 2.44 bits per heavy atom. The van der Waals surface area contributed by atoms with E-state index in [4.69, 9.17) is 39.6 Å². The van der Waals surface area contributed by atoms with E-state index < -0.39 is 62.9 Å². The van der Waals surface area contributed by atoms with Gasteiger partial charge in [-0.1, -0.05) is 5.16 Å². The van der Waals surface area contributed by atoms with Crippen molar-refractivity contribution in [2.75, 3.05) is 35.6 Å². The number of nitrogens with two attached hydrogens (primary N) is 3. The molecule has 4 heterocycles. The zero-order valence-corrected chi connectivity index (χ0v) is 28.7. The van der Waals surface area contributed by atoms with Crippen LogP contribution < -0.4 is 37.8 Å². The number of amides is 4. The number of β-lactam (4-membered cyclic amide) rings is 1. The predicted molar refractivity (Wildman–Crippen MR) is 172 cm³/mol. The molecule has 2 atom stereocenters. The second-order valence-corrected chi connectivity index (χ2v) is 13.3. The number of nitrogens with one attached hydrogen (secondary N) is 3. The fourth-order valence-electron chi connectivity index (χ4n) is 4.14. The zero-order valence-electron chi connectivity index (χ0n) is 26.2. The van der Waals surface area contributed by atoms with Crippen LogP contribution in [0.4, 0.5) is 21.4 Å². The molecule has 2 aromatic rings. The van der Waals surface area contributed by atoms with Gasteiger partial charge in [0.05, 0.1) is 7.05 Å². The van der Waals surface area contributed by atoms with Crippen molar-refractivity contribution < 1.29 is 61.2 Å². The first-order valence-corrected chi connectivity index (χ1v) is 16.9. The topological polar surface area (TPSA) is 377 Å². The molecule has 4 rings (SSSR count). The summed E-state index contributed by atoms with van der Waals surface area (Å²) in [5.74, 6) is -4.28. The van der Waals surface area contributed by atoms with Crippen LogP contribution in [-0.4, -0.2) is 118 Å². The van der Waals surface area contributed by atoms with Crippen molar-refractivity contribution in [1.29, 1.82) is 0 Å². The SMILES string of the molecule is Cn1c(N)c(NC(=O)NCCN)c[n+]1CC1=C(C(=O)O)N2C(=O)C(NC(=O)C(=NOC(C)(C)C(=O)O)c3nsc(N)n3)C2SC1.O=S(=O)([O-])O. The maximum Gasteiger partial charge on any atom is 0.352 e. The molecular weight excluding hydrogens is 733 g/mol. The Bertz CT molecular complexity index is 1850. The first-order chi connectivity index (χ1) is 23.2. The number of carboxylic acid groups (broad SMARTS) is 2. The minimum Gasteiger partial charge on any atom is -0.726 e. The number of carbonyl (C=O) groups is 5. The number of aromatic nitrogens is 4. The van der Waals surface area contributed by atoms with Crippen LogP contribution in [0.25, 0.3) is 0 Å². The van der Waals surface area contributed by atoms with E-state index in [9.17, 15) is 34.2 Å². The molecule has 2 aliphatic heterocycles. The molecule has 0 bridgehead atoms. The third kappa shape index (κ3) is 9.53. The average molecular weight is 765 g/mol. The van der Waals surface area contributed by atoms with Crippen LogP contribution in [0.15, 0.2) is 22.6 Å². The molecule has 50 heavy (non-hydrogen) atoms. The third-order valence-electron chi connectivity index (χ3n) is 6.60. The number of aliphatic carboxylic acids is 2. The van der Waals surface area contributed by atoms with Crippen LogP contribution >= 0.6 is 23.3 Å². The Kier molecular flexibility index (Phi) is 12.3. The van der Waals surface area contributed by atoms with E-state index in [1.54, 1.807) is 11.7 Å². The van der Waals surface area contributed by atoms with Gasteiger partial charge < -0.3 is 47.4 Å². The van der Waals surface area contributed by atoms with Gasteiger partial charge in [0.25, 0.3) is 11.8 Å². The minimum atomic E-state index is -4.92. The zero-order chi connectivity index (χ0) is 37.7. The number of thioether (sulfide) groups is 1. The van der Waals surface area contributed by atoms with Crippen molar-refractivity contribution >= 4 is 85.8 Å². The van der Waals surface area contributed by atoms with Gasteiger partial charge in [-0.05, 0) is 13.8 Å². The van der Waals surface area contributed by atoms with Gasteiger partial charge in [0.15, 0.2) is 23.2 Å². The molecule has 0 radical (unpaired) electrons. The second-order valence-electron chi connectivity index (χ2n) is 10.6. The molecule has 4 amide bonds. The summed E-state index contributed by atoms with van der Waals surface area (Å²) in [5, 5.41) is 29.9. The van der Waals surface area contributed by atoms with Gasteiger partial charge in [-0.2, -0.15) is 9.36 Å². The molecule has 12 N–H and O–H groups in total. The lowest BCUT2D eigenvalue weighted by molar-refractivity contribution is -0.765. The van der Waals surface area contributed by atoms with Crippen molar-refractivity contribution in [1.82, 2.24) is 29.6 Å². The number of carbonyl (C=O) groups excluding carboxylic acids is 3. The molecule has 2 aromatic heterocycles. The molecule has 2 aliphatic rings. The highest BCUT2D eigenvalue weighted by Gasteiger charge is 2.55. The van der Waals surface area contributed by atoms with E-state index in [1.165, 1.54) is 36.5 Å². The first-order valence-electron chi connectivity index (χ1n) is 13.7. The van der Waals surface area contributed by atoms with Crippen molar-refractivity contribution in [3.63, 3.8) is 0 Å². The van der Waals surface area contributed by atoms with Crippen LogP contribution in [0, 0.1) is 0 Å². The van der Waals surface area contributed by atoms with Crippen molar-refractivity contribution in [2.24, 2.45) is 17.9 Å². The number of urea groups is 1. The summed E-state index contributed by atoms with van der Waals surface area (Å²) in [5.41, 5.74) is 15.2. The maximum absolute atomic E-state index is 13.3. The van der Waals surface area contributed by atoms with Crippen LogP contribution in [-0.2, 0) is 48.0 Å². The van der Waals surface area contributed by atoms with Crippen LogP contribution in [0.5, 0.6) is 0 Å². The van der Waals surface area contributed by atoms with Crippen molar-refractivity contribution in [3.8, 4) is 0 Å². The summed E-state index contributed by atoms with van der Waals surface area (Å²) >= 11 is 1.96. The van der Waals surface area contributed by atoms with E-state index in [0.717, 1.165) is 16.4 Å². The molecule has 1 saturated heterocycles. The average Bonchev–Trinajstić information content (AvgIpc) is 3.55. The number of hydrogen-bond acceptors (Lipinski definition) is 17. The number of nitrogen functional groups attached to an aromatic ring is 2. The fraction of sp³-hybridized carbons (Fsp3) is 0.435. The highest BCUT2D eigenvalue weighted by Crippen LogP contribution is 2.40. The Morgan fingerprint density at radius 1 is 1.26 bits per heavy atom. The molecular formula is C23H32N12O12S3. The standard InChI is InChI=1S/C23H30N12O8S2.H2O4S/c1-23(2,20(40)41)43-31-11(15-30-21(26)45-32-15)16(36)29-12-17(37)35-13(19(38)39)9(8-44-18(12)35)6-34-7-10(14(25)33(34)3)28-22(42)27-5-4-24;1-5(2,3)4/h7,12,18,25H,4-6,8,24H2,1-3H3,(H7,26,27,28,29,30,32,36,38,39,40,41,42);(H2,1,2,3,4). The second kappa shape index (κ2) is 15.6. The Balaban J connectivity index is 0.00000126. The molecule has 0 aliphatic carbocycles. The molecule has 27 heteroatoms. The van der Waals surface area contributed by atoms with E-state index in [1.807, 2.05) is 0 Å². The molecule has 0 saturated carbocycles. The number of anilines is 3. The van der Waals surface area contributed by atoms with Crippen LogP contribution in [0.3, 0.4) is 0 Å². The molecule has 2 unspecified atom stereocenters. The van der Waals surface area contributed by atoms with Crippen LogP contribution in [0.2, 0.25) is 0 Å². The summed E-state index contributed by atoms with van der Waals surface area (Å²) in [6.07, 6.45) is 1.52. The van der Waals surface area contributed by atoms with Gasteiger partial charge in [-0.25, -0.2) is 22.8 Å². The van der Waals surface area contributed by atoms with Gasteiger partial charge in [0.2, 0.25) is 33.7 Å². The van der Waals surface area contributed by atoms with E-state index in [-0.39, 0.29) is 53.5 Å². The molecule has 24 nitrogen and oxygen atoms in total. The van der Waals surface area contributed by atoms with Gasteiger partial charge in [0, 0.05) is 35.9 Å². The number of hydrogen-bond donors (Lipinski definition) is 9. The predicted octanol–water partition coefficient (Wildman–Crippen LogP) is -3.56. The monoisotopic (exact) mass is 764 g/mol. The molecule has 1 fully saturated rings. The summed E-state index contributed by atoms with van der Waals surface area (Å²) in [6.45, 7) is 2.92. The van der Waals surface area contributed by atoms with Gasteiger partial charge in [-0.3, -0.25) is 24.4 Å². The first kappa shape index (κ1) is 39.3. The fourth-order valence-corrected chi connectivity index (χ4v) is 5.91. The molecule has 0 aromatic carbocycles. The molecule has 0 spiro atoms. The Labute approximate surface area is 290 Å². The highest BCUT2D eigenvalue weighted by molar-refractivity contribution is 8.00. The normalized spacial score (nSPS) is 17.5. The van der Waals surface area contributed by atoms with E-state index in [2.05, 4.69) is 30.5 Å². The smallest absolute Gasteiger partial charge is 0.352 e. The number of nitrogens with zero attached hydrogens (tertiary/aromatic N) is 6.